The van der Waals surface area contributed by atoms with Crippen molar-refractivity contribution in [3.05, 3.63) is 45.9 Å². The third-order valence-corrected chi connectivity index (χ3v) is 4.85. The number of hydrogen-bond donors (Lipinski definition) is 2. The van der Waals surface area contributed by atoms with Crippen LogP contribution in [0.2, 0.25) is 0 Å². The van der Waals surface area contributed by atoms with E-state index in [4.69, 9.17) is 4.74 Å². The maximum absolute atomic E-state index is 5.93. The zero-order valence-corrected chi connectivity index (χ0v) is 19.9. The number of nitrogens with zero attached hydrogens (tertiary/aromatic N) is 2. The van der Waals surface area contributed by atoms with Crippen molar-refractivity contribution in [2.24, 2.45) is 4.99 Å². The van der Waals surface area contributed by atoms with E-state index in [1.54, 1.807) is 18.4 Å². The average Bonchev–Trinajstić information content (AvgIpc) is 3.10. The molecule has 0 unspecified atom stereocenters. The Morgan fingerprint density at radius 3 is 2.52 bits per heavy atom. The molecule has 27 heavy (non-hydrogen) atoms. The Morgan fingerprint density at radius 2 is 1.89 bits per heavy atom. The molecule has 0 fully saturated rings. The Kier molecular flexibility index (Phi) is 10.7. The van der Waals surface area contributed by atoms with Gasteiger partial charge in [0, 0.05) is 12.4 Å². The van der Waals surface area contributed by atoms with Gasteiger partial charge in [-0.3, -0.25) is 4.99 Å². The van der Waals surface area contributed by atoms with Crippen molar-refractivity contribution in [3.63, 3.8) is 0 Å². The van der Waals surface area contributed by atoms with Gasteiger partial charge < -0.3 is 15.4 Å². The van der Waals surface area contributed by atoms with Crippen molar-refractivity contribution in [1.29, 1.82) is 0 Å². The molecule has 5 nitrogen and oxygen atoms in total. The highest BCUT2D eigenvalue weighted by Crippen LogP contribution is 2.25. The predicted molar refractivity (Wildman–Crippen MR) is 126 cm³/mol. The van der Waals surface area contributed by atoms with Crippen LogP contribution in [0.25, 0.3) is 0 Å². The van der Waals surface area contributed by atoms with E-state index in [0.717, 1.165) is 22.4 Å². The average molecular weight is 502 g/mol. The Bertz CT molecular complexity index is 716. The first-order valence-electron chi connectivity index (χ1n) is 9.11. The molecule has 0 aliphatic heterocycles. The summed E-state index contributed by atoms with van der Waals surface area (Å²) < 4.78 is 5.93. The summed E-state index contributed by atoms with van der Waals surface area (Å²) >= 11 is 1.68. The van der Waals surface area contributed by atoms with Gasteiger partial charge in [-0.25, -0.2) is 4.98 Å². The zero-order chi connectivity index (χ0) is 18.9. The minimum Gasteiger partial charge on any atom is -0.491 e. The van der Waals surface area contributed by atoms with Crippen molar-refractivity contribution in [2.75, 3.05) is 20.2 Å². The van der Waals surface area contributed by atoms with Crippen LogP contribution in [0.4, 0.5) is 0 Å². The normalized spacial score (nSPS) is 11.4. The highest BCUT2D eigenvalue weighted by molar-refractivity contribution is 14.0. The highest BCUT2D eigenvalue weighted by atomic mass is 127. The summed E-state index contributed by atoms with van der Waals surface area (Å²) in [6, 6.07) is 8.20. The van der Waals surface area contributed by atoms with E-state index in [1.165, 1.54) is 5.56 Å². The van der Waals surface area contributed by atoms with E-state index in [9.17, 15) is 0 Å². The lowest BCUT2D eigenvalue weighted by Gasteiger charge is -2.15. The summed E-state index contributed by atoms with van der Waals surface area (Å²) in [6.45, 7) is 10.6. The third-order valence-electron chi connectivity index (χ3n) is 3.98. The number of thiazole rings is 1. The van der Waals surface area contributed by atoms with Crippen LogP contribution in [0.5, 0.6) is 5.75 Å². The molecule has 0 spiro atoms. The standard InChI is InChI=1S/C20H30N4OS.HI/c1-14(2)16-8-6-7-9-18(16)25-11-10-22-20(21-5)23-12-19-24-17(13-26-19)15(3)4;/h6-9,13-15H,10-12H2,1-5H3,(H2,21,22,23);1H. The van der Waals surface area contributed by atoms with Crippen molar-refractivity contribution in [2.45, 2.75) is 46.1 Å². The first-order chi connectivity index (χ1) is 12.5. The molecule has 0 aliphatic rings. The van der Waals surface area contributed by atoms with E-state index < -0.39 is 0 Å². The molecule has 0 atom stereocenters. The molecule has 0 saturated heterocycles. The molecule has 2 aromatic rings. The highest BCUT2D eigenvalue weighted by Gasteiger charge is 2.08. The molecule has 0 amide bonds. The van der Waals surface area contributed by atoms with E-state index >= 15 is 0 Å². The van der Waals surface area contributed by atoms with Gasteiger partial charge in [0.1, 0.15) is 17.4 Å². The number of nitrogens with one attached hydrogen (secondary N) is 2. The van der Waals surface area contributed by atoms with Gasteiger partial charge in [0.15, 0.2) is 5.96 Å². The second-order valence-electron chi connectivity index (χ2n) is 6.71. The molecule has 2 N–H and O–H groups in total. The molecular formula is C20H31IN4OS. The molecule has 7 heteroatoms. The van der Waals surface area contributed by atoms with Crippen LogP contribution in [-0.2, 0) is 6.54 Å². The number of aromatic nitrogens is 1. The Morgan fingerprint density at radius 1 is 1.15 bits per heavy atom. The molecule has 0 aliphatic carbocycles. The smallest absolute Gasteiger partial charge is 0.191 e. The van der Waals surface area contributed by atoms with Crippen molar-refractivity contribution < 1.29 is 4.74 Å². The van der Waals surface area contributed by atoms with Gasteiger partial charge in [0.2, 0.25) is 0 Å². The largest absolute Gasteiger partial charge is 0.491 e. The fourth-order valence-corrected chi connectivity index (χ4v) is 3.37. The molecule has 1 heterocycles. The van der Waals surface area contributed by atoms with E-state index in [1.807, 2.05) is 12.1 Å². The fourth-order valence-electron chi connectivity index (χ4n) is 2.47. The SMILES string of the molecule is CN=C(NCCOc1ccccc1C(C)C)NCc1nc(C(C)C)cs1.I. The number of rotatable bonds is 8. The lowest BCUT2D eigenvalue weighted by atomic mass is 10.0. The van der Waals surface area contributed by atoms with Crippen LogP contribution < -0.4 is 15.4 Å². The summed E-state index contributed by atoms with van der Waals surface area (Å²) in [6.07, 6.45) is 0. The van der Waals surface area contributed by atoms with Gasteiger partial charge in [0.05, 0.1) is 18.8 Å². The summed E-state index contributed by atoms with van der Waals surface area (Å²) in [5.41, 5.74) is 2.38. The second-order valence-corrected chi connectivity index (χ2v) is 7.66. The number of hydrogen-bond acceptors (Lipinski definition) is 4. The van der Waals surface area contributed by atoms with Gasteiger partial charge in [-0.1, -0.05) is 45.9 Å². The van der Waals surface area contributed by atoms with E-state index in [-0.39, 0.29) is 24.0 Å². The van der Waals surface area contributed by atoms with Crippen molar-refractivity contribution in [1.82, 2.24) is 15.6 Å². The first-order valence-corrected chi connectivity index (χ1v) is 9.99. The molecule has 1 aromatic heterocycles. The summed E-state index contributed by atoms with van der Waals surface area (Å²) in [7, 11) is 1.77. The van der Waals surface area contributed by atoms with E-state index in [2.05, 4.69) is 65.8 Å². The zero-order valence-electron chi connectivity index (χ0n) is 16.8. The molecular weight excluding hydrogens is 471 g/mol. The molecule has 0 bridgehead atoms. The van der Waals surface area contributed by atoms with Crippen LogP contribution in [0, 0.1) is 0 Å². The number of halogens is 1. The minimum atomic E-state index is 0. The van der Waals surface area contributed by atoms with Gasteiger partial charge in [-0.05, 0) is 23.5 Å². The molecule has 150 valence electrons. The summed E-state index contributed by atoms with van der Waals surface area (Å²) in [4.78, 5) is 8.88. The lowest BCUT2D eigenvalue weighted by Crippen LogP contribution is -2.38. The Hall–Kier alpha value is -1.35. The van der Waals surface area contributed by atoms with Gasteiger partial charge in [0.25, 0.3) is 0 Å². The van der Waals surface area contributed by atoms with Crippen LogP contribution in [0.15, 0.2) is 34.6 Å². The van der Waals surface area contributed by atoms with Crippen molar-refractivity contribution in [3.8, 4) is 5.75 Å². The number of aliphatic imine (C=N–C) groups is 1. The minimum absolute atomic E-state index is 0. The number of ether oxygens (including phenoxy) is 1. The topological polar surface area (TPSA) is 58.5 Å². The maximum Gasteiger partial charge on any atom is 0.191 e. The number of guanidine groups is 1. The lowest BCUT2D eigenvalue weighted by molar-refractivity contribution is 0.317. The van der Waals surface area contributed by atoms with Gasteiger partial charge in [-0.2, -0.15) is 0 Å². The number of para-hydroxylation sites is 1. The third kappa shape index (κ3) is 7.65. The van der Waals surface area contributed by atoms with Gasteiger partial charge >= 0.3 is 0 Å². The summed E-state index contributed by atoms with van der Waals surface area (Å²) in [5.74, 6) is 2.62. The van der Waals surface area contributed by atoms with E-state index in [0.29, 0.717) is 31.5 Å². The predicted octanol–water partition coefficient (Wildman–Crippen LogP) is 4.75. The van der Waals surface area contributed by atoms with Crippen LogP contribution in [0.3, 0.4) is 0 Å². The van der Waals surface area contributed by atoms with Crippen molar-refractivity contribution >= 4 is 41.3 Å². The second kappa shape index (κ2) is 12.2. The molecule has 0 radical (unpaired) electrons. The van der Waals surface area contributed by atoms with Gasteiger partial charge in [-0.15, -0.1) is 35.3 Å². The first kappa shape index (κ1) is 23.7. The monoisotopic (exact) mass is 502 g/mol. The fraction of sp³-hybridized carbons (Fsp3) is 0.500. The van der Waals surface area contributed by atoms with Crippen LogP contribution in [0.1, 0.15) is 55.8 Å². The van der Waals surface area contributed by atoms with Crippen LogP contribution >= 0.6 is 35.3 Å². The Labute approximate surface area is 184 Å². The Balaban J connectivity index is 0.00000364. The molecule has 0 saturated carbocycles. The summed E-state index contributed by atoms with van der Waals surface area (Å²) in [5, 5.41) is 9.77. The molecule has 2 rings (SSSR count). The quantitative estimate of drug-likeness (QED) is 0.237. The van der Waals surface area contributed by atoms with Crippen LogP contribution in [-0.4, -0.2) is 31.1 Å². The molecule has 1 aromatic carbocycles. The number of benzene rings is 1. The maximum atomic E-state index is 5.93.